The fraction of sp³-hybridized carbons (Fsp3) is 0.474. The number of rotatable bonds is 1. The summed E-state index contributed by atoms with van der Waals surface area (Å²) in [6.45, 7) is 7.11. The highest BCUT2D eigenvalue weighted by Crippen LogP contribution is 2.30. The van der Waals surface area contributed by atoms with Gasteiger partial charge in [0.05, 0.1) is 5.52 Å². The summed E-state index contributed by atoms with van der Waals surface area (Å²) < 4.78 is 5.45. The van der Waals surface area contributed by atoms with Crippen molar-refractivity contribution in [2.24, 2.45) is 0 Å². The van der Waals surface area contributed by atoms with Crippen molar-refractivity contribution in [2.45, 2.75) is 45.1 Å². The summed E-state index contributed by atoms with van der Waals surface area (Å²) in [7, 11) is 0. The summed E-state index contributed by atoms with van der Waals surface area (Å²) in [6, 6.07) is 7.95. The second kappa shape index (κ2) is 6.30. The van der Waals surface area contributed by atoms with Gasteiger partial charge in [0, 0.05) is 30.4 Å². The number of nitrogens with zero attached hydrogens (tertiary/aromatic N) is 2. The molecule has 1 aromatic heterocycles. The molecule has 0 bridgehead atoms. The van der Waals surface area contributed by atoms with Gasteiger partial charge >= 0.3 is 6.09 Å². The van der Waals surface area contributed by atoms with E-state index in [1.165, 1.54) is 5.56 Å². The zero-order chi connectivity index (χ0) is 17.3. The fourth-order valence-corrected chi connectivity index (χ4v) is 3.11. The normalized spacial score (nSPS) is 16.4. The molecule has 1 fully saturated rings. The van der Waals surface area contributed by atoms with Gasteiger partial charge < -0.3 is 15.4 Å². The van der Waals surface area contributed by atoms with Crippen molar-refractivity contribution in [1.82, 2.24) is 9.88 Å². The van der Waals surface area contributed by atoms with Crippen LogP contribution in [0.4, 0.5) is 10.5 Å². The molecule has 0 spiro atoms. The molecule has 0 radical (unpaired) electrons. The fourth-order valence-electron chi connectivity index (χ4n) is 3.11. The van der Waals surface area contributed by atoms with Crippen LogP contribution in [0, 0.1) is 0 Å². The smallest absolute Gasteiger partial charge is 0.410 e. The van der Waals surface area contributed by atoms with Crippen molar-refractivity contribution >= 4 is 22.7 Å². The number of carbonyl (C=O) groups excluding carboxylic acids is 1. The van der Waals surface area contributed by atoms with Crippen molar-refractivity contribution in [3.8, 4) is 0 Å². The Hall–Kier alpha value is -2.30. The number of carbonyl (C=O) groups is 1. The van der Waals surface area contributed by atoms with E-state index in [1.807, 2.05) is 45.2 Å². The maximum absolute atomic E-state index is 12.1. The molecule has 0 atom stereocenters. The van der Waals surface area contributed by atoms with Gasteiger partial charge in [-0.25, -0.2) is 4.79 Å². The number of amides is 1. The first kappa shape index (κ1) is 16.6. The molecule has 128 valence electrons. The largest absolute Gasteiger partial charge is 0.444 e. The summed E-state index contributed by atoms with van der Waals surface area (Å²) in [5.74, 6) is 0.419. The predicted molar refractivity (Wildman–Crippen MR) is 95.9 cm³/mol. The number of pyridine rings is 1. The second-order valence-corrected chi connectivity index (χ2v) is 7.46. The predicted octanol–water partition coefficient (Wildman–Crippen LogP) is 3.93. The van der Waals surface area contributed by atoms with Crippen molar-refractivity contribution in [3.63, 3.8) is 0 Å². The molecule has 3 rings (SSSR count). The summed E-state index contributed by atoms with van der Waals surface area (Å²) in [6.07, 6.45) is 3.58. The minimum atomic E-state index is -0.448. The van der Waals surface area contributed by atoms with E-state index < -0.39 is 5.60 Å². The van der Waals surface area contributed by atoms with Crippen molar-refractivity contribution < 1.29 is 9.53 Å². The van der Waals surface area contributed by atoms with E-state index >= 15 is 0 Å². The molecule has 24 heavy (non-hydrogen) atoms. The molecule has 5 heteroatoms. The third-order valence-corrected chi connectivity index (χ3v) is 4.34. The lowest BCUT2D eigenvalue weighted by atomic mass is 9.90. The van der Waals surface area contributed by atoms with E-state index in [9.17, 15) is 4.79 Å². The number of hydrogen-bond donors (Lipinski definition) is 1. The summed E-state index contributed by atoms with van der Waals surface area (Å²) in [5.41, 5.74) is 8.35. The monoisotopic (exact) mass is 327 g/mol. The van der Waals surface area contributed by atoms with Crippen LogP contribution in [0.15, 0.2) is 30.5 Å². The molecule has 5 nitrogen and oxygen atoms in total. The van der Waals surface area contributed by atoms with Crippen LogP contribution in [-0.4, -0.2) is 34.7 Å². The molecule has 1 aromatic carbocycles. The summed E-state index contributed by atoms with van der Waals surface area (Å²) in [5, 5.41) is 1.07. The summed E-state index contributed by atoms with van der Waals surface area (Å²) in [4.78, 5) is 18.5. The highest BCUT2D eigenvalue weighted by atomic mass is 16.6. The number of hydrogen-bond acceptors (Lipinski definition) is 4. The van der Waals surface area contributed by atoms with E-state index in [-0.39, 0.29) is 6.09 Å². The van der Waals surface area contributed by atoms with Crippen LogP contribution >= 0.6 is 0 Å². The maximum Gasteiger partial charge on any atom is 0.410 e. The lowest BCUT2D eigenvalue weighted by Gasteiger charge is -2.33. The van der Waals surface area contributed by atoms with Crippen molar-refractivity contribution in [2.75, 3.05) is 18.8 Å². The van der Waals surface area contributed by atoms with Crippen LogP contribution in [0.2, 0.25) is 0 Å². The standard InChI is InChI=1S/C19H25N3O2/c1-19(2,3)24-18(23)22-8-6-13(7-9-22)15-10-14-11-16(20)4-5-17(14)21-12-15/h4-5,10-13H,6-9,20H2,1-3H3. The molecule has 1 aliphatic rings. The molecule has 1 aliphatic heterocycles. The number of piperidine rings is 1. The molecular weight excluding hydrogens is 302 g/mol. The number of likely N-dealkylation sites (tertiary alicyclic amines) is 1. The van der Waals surface area contributed by atoms with E-state index in [0.717, 1.165) is 29.4 Å². The Morgan fingerprint density at radius 3 is 2.62 bits per heavy atom. The summed E-state index contributed by atoms with van der Waals surface area (Å²) >= 11 is 0. The quantitative estimate of drug-likeness (QED) is 0.806. The lowest BCUT2D eigenvalue weighted by molar-refractivity contribution is 0.0205. The first-order valence-electron chi connectivity index (χ1n) is 8.45. The molecule has 1 amide bonds. The van der Waals surface area contributed by atoms with Gasteiger partial charge in [-0.3, -0.25) is 4.98 Å². The van der Waals surface area contributed by atoms with Gasteiger partial charge in [0.1, 0.15) is 5.60 Å². The third-order valence-electron chi connectivity index (χ3n) is 4.34. The molecule has 0 saturated carbocycles. The van der Waals surface area contributed by atoms with Gasteiger partial charge in [0.25, 0.3) is 0 Å². The minimum absolute atomic E-state index is 0.217. The molecule has 2 aromatic rings. The average molecular weight is 327 g/mol. The number of fused-ring (bicyclic) bond motifs is 1. The first-order valence-corrected chi connectivity index (χ1v) is 8.45. The Bertz CT molecular complexity index is 744. The van der Waals surface area contributed by atoms with Gasteiger partial charge in [-0.15, -0.1) is 0 Å². The Morgan fingerprint density at radius 1 is 1.25 bits per heavy atom. The number of ether oxygens (including phenoxy) is 1. The Morgan fingerprint density at radius 2 is 1.96 bits per heavy atom. The number of nitrogen functional groups attached to an aromatic ring is 1. The molecule has 2 N–H and O–H groups in total. The first-order chi connectivity index (χ1) is 11.3. The minimum Gasteiger partial charge on any atom is -0.444 e. The zero-order valence-corrected chi connectivity index (χ0v) is 14.6. The Labute approximate surface area is 142 Å². The number of benzene rings is 1. The van der Waals surface area contributed by atoms with E-state index in [4.69, 9.17) is 10.5 Å². The Kier molecular flexibility index (Phi) is 4.35. The number of nitrogens with two attached hydrogens (primary N) is 1. The van der Waals surface area contributed by atoms with Crippen molar-refractivity contribution in [1.29, 1.82) is 0 Å². The van der Waals surface area contributed by atoms with Crippen LogP contribution in [0.25, 0.3) is 10.9 Å². The van der Waals surface area contributed by atoms with Crippen LogP contribution in [0.1, 0.15) is 45.1 Å². The van der Waals surface area contributed by atoms with Gasteiger partial charge in [-0.2, -0.15) is 0 Å². The second-order valence-electron chi connectivity index (χ2n) is 7.46. The van der Waals surface area contributed by atoms with E-state index in [1.54, 1.807) is 4.90 Å². The lowest BCUT2D eigenvalue weighted by Crippen LogP contribution is -2.41. The highest BCUT2D eigenvalue weighted by Gasteiger charge is 2.27. The average Bonchev–Trinajstić information content (AvgIpc) is 2.52. The van der Waals surface area contributed by atoms with Crippen LogP contribution in [0.3, 0.4) is 0 Å². The third kappa shape index (κ3) is 3.78. The molecule has 0 aliphatic carbocycles. The van der Waals surface area contributed by atoms with Crippen LogP contribution in [0.5, 0.6) is 0 Å². The molecular formula is C19H25N3O2. The molecule has 1 saturated heterocycles. The zero-order valence-electron chi connectivity index (χ0n) is 14.6. The van der Waals surface area contributed by atoms with E-state index in [2.05, 4.69) is 11.1 Å². The van der Waals surface area contributed by atoms with Gasteiger partial charge in [0.15, 0.2) is 0 Å². The van der Waals surface area contributed by atoms with Gasteiger partial charge in [0.2, 0.25) is 0 Å². The van der Waals surface area contributed by atoms with Gasteiger partial charge in [-0.05, 0) is 69.4 Å². The molecule has 2 heterocycles. The number of anilines is 1. The Balaban J connectivity index is 1.67. The molecule has 0 unspecified atom stereocenters. The maximum atomic E-state index is 12.1. The van der Waals surface area contributed by atoms with Crippen LogP contribution < -0.4 is 5.73 Å². The topological polar surface area (TPSA) is 68.5 Å². The van der Waals surface area contributed by atoms with Crippen LogP contribution in [-0.2, 0) is 4.74 Å². The SMILES string of the molecule is CC(C)(C)OC(=O)N1CCC(c2cnc3ccc(N)cc3c2)CC1. The van der Waals surface area contributed by atoms with Gasteiger partial charge in [-0.1, -0.05) is 0 Å². The van der Waals surface area contributed by atoms with Crippen molar-refractivity contribution in [3.05, 3.63) is 36.0 Å². The van der Waals surface area contributed by atoms with E-state index in [0.29, 0.717) is 19.0 Å². The highest BCUT2D eigenvalue weighted by molar-refractivity contribution is 5.82. The number of aromatic nitrogens is 1.